The lowest BCUT2D eigenvalue weighted by Gasteiger charge is -2.29. The van der Waals surface area contributed by atoms with E-state index in [9.17, 15) is 24.2 Å². The number of hydrogen-bond donors (Lipinski definition) is 5. The first-order chi connectivity index (χ1) is 24.3. The lowest BCUT2D eigenvalue weighted by molar-refractivity contribution is -0.118. The fourth-order valence-electron chi connectivity index (χ4n) is 5.47. The Labute approximate surface area is 294 Å². The van der Waals surface area contributed by atoms with Crippen LogP contribution in [-0.4, -0.2) is 102 Å². The van der Waals surface area contributed by atoms with Gasteiger partial charge in [-0.1, -0.05) is 13.8 Å². The van der Waals surface area contributed by atoms with Crippen LogP contribution in [0.5, 0.6) is 0 Å². The predicted octanol–water partition coefficient (Wildman–Crippen LogP) is 1.89. The van der Waals surface area contributed by atoms with Crippen LogP contribution in [0.4, 0.5) is 20.5 Å². The zero-order valence-corrected chi connectivity index (χ0v) is 29.7. The van der Waals surface area contributed by atoms with Gasteiger partial charge < -0.3 is 33.6 Å². The number of ether oxygens (including phenoxy) is 1. The number of carbonyl (C=O) groups is 1. The summed E-state index contributed by atoms with van der Waals surface area (Å²) >= 11 is 5.63. The minimum absolute atomic E-state index is 0.00290. The largest absolute Gasteiger partial charge is 0.394 e. The zero-order chi connectivity index (χ0) is 36.9. The van der Waals surface area contributed by atoms with Crippen molar-refractivity contribution in [2.75, 3.05) is 30.5 Å². The molecule has 19 nitrogen and oxygen atoms in total. The summed E-state index contributed by atoms with van der Waals surface area (Å²) in [5.74, 6) is -1.73. The molecule has 2 aliphatic rings. The molecule has 3 aromatic heterocycles. The highest BCUT2D eigenvalue weighted by Gasteiger charge is 2.51. The van der Waals surface area contributed by atoms with Gasteiger partial charge in [-0.25, -0.2) is 23.7 Å². The second-order valence-corrected chi connectivity index (χ2v) is 15.5. The molecule has 1 saturated carbocycles. The zero-order valence-electron chi connectivity index (χ0n) is 27.0. The molecule has 5 N–H and O–H groups in total. The first-order valence-electron chi connectivity index (χ1n) is 15.5. The standard InChI is InChI=1S/C27H35F2N9O10P2S/c1-13(2)24(40)36-27-35-23-20(25(41)37-27)33-12-38(23)26-22(19(29)16(9-39)46-26)48-50(51,44-7-3-5-30)45-10-14-8-15(18(28)21(14)47-49(42)43)34-17-4-6-31-11-32-17/h4,6,11-16,18-19,21-22,26,39,49H,3,7-10H2,1-2H3,(H,42,43)(H,31,32,34)(H2,35,36,37,40,41)/t14-,15-,16-,18+,19-,21-,22+,26-,50?/m1/s1. The normalized spacial score (nSPS) is 28.0. The van der Waals surface area contributed by atoms with E-state index < -0.39 is 94.4 Å². The third kappa shape index (κ3) is 9.18. The number of halogens is 2. The number of nitrogens with zero attached hydrogens (tertiary/aromatic N) is 6. The van der Waals surface area contributed by atoms with Gasteiger partial charge in [0.1, 0.15) is 36.6 Å². The molecule has 51 heavy (non-hydrogen) atoms. The van der Waals surface area contributed by atoms with Crippen molar-refractivity contribution in [2.45, 2.75) is 69.6 Å². The highest BCUT2D eigenvalue weighted by molar-refractivity contribution is 8.07. The van der Waals surface area contributed by atoms with Crippen molar-refractivity contribution < 1.29 is 51.0 Å². The molecule has 1 amide bonds. The Morgan fingerprint density at radius 2 is 2.10 bits per heavy atom. The molecule has 4 heterocycles. The number of aliphatic hydroxyl groups is 1. The van der Waals surface area contributed by atoms with E-state index in [0.29, 0.717) is 5.82 Å². The average molecular weight is 778 g/mol. The Bertz CT molecular complexity index is 1850. The second kappa shape index (κ2) is 17.0. The minimum atomic E-state index is -4.09. The Kier molecular flexibility index (Phi) is 12.9. The van der Waals surface area contributed by atoms with Crippen LogP contribution in [-0.2, 0) is 44.0 Å². The molecule has 1 aliphatic heterocycles. The molecule has 1 saturated heterocycles. The van der Waals surface area contributed by atoms with Crippen molar-refractivity contribution >= 4 is 55.6 Å². The fourth-order valence-corrected chi connectivity index (χ4v) is 8.14. The molecular formula is C27H35F2N9O10P2S. The summed E-state index contributed by atoms with van der Waals surface area (Å²) in [6.45, 7) is -2.39. The first kappa shape index (κ1) is 38.9. The minimum Gasteiger partial charge on any atom is -0.394 e. The number of alkyl halides is 2. The molecule has 5 rings (SSSR count). The van der Waals surface area contributed by atoms with Crippen molar-refractivity contribution in [3.63, 3.8) is 0 Å². The number of aromatic nitrogens is 6. The van der Waals surface area contributed by atoms with Crippen LogP contribution in [0.25, 0.3) is 11.2 Å². The van der Waals surface area contributed by atoms with Gasteiger partial charge in [-0.05, 0) is 24.3 Å². The van der Waals surface area contributed by atoms with Gasteiger partial charge in [0.25, 0.3) is 5.56 Å². The van der Waals surface area contributed by atoms with Gasteiger partial charge in [0, 0.05) is 18.0 Å². The summed E-state index contributed by atoms with van der Waals surface area (Å²) in [5, 5.41) is 24.4. The summed E-state index contributed by atoms with van der Waals surface area (Å²) in [6, 6.07) is 2.44. The molecule has 2 fully saturated rings. The smallest absolute Gasteiger partial charge is 0.327 e. The number of nitriles is 1. The maximum Gasteiger partial charge on any atom is 0.327 e. The number of rotatable bonds is 16. The molecule has 24 heteroatoms. The van der Waals surface area contributed by atoms with E-state index in [1.54, 1.807) is 13.8 Å². The maximum atomic E-state index is 16.0. The molecular weight excluding hydrogens is 742 g/mol. The van der Waals surface area contributed by atoms with Gasteiger partial charge in [-0.2, -0.15) is 10.2 Å². The number of anilines is 2. The number of hydrogen-bond acceptors (Lipinski definition) is 16. The molecule has 1 aliphatic carbocycles. The molecule has 278 valence electrons. The van der Waals surface area contributed by atoms with Crippen LogP contribution in [0.3, 0.4) is 0 Å². The number of H-pyrrole nitrogens is 1. The van der Waals surface area contributed by atoms with Crippen LogP contribution < -0.4 is 16.2 Å². The van der Waals surface area contributed by atoms with E-state index in [4.69, 9.17) is 39.9 Å². The Balaban J connectivity index is 1.42. The number of aliphatic hydroxyl groups excluding tert-OH is 1. The van der Waals surface area contributed by atoms with Crippen molar-refractivity contribution in [1.82, 2.24) is 29.5 Å². The number of nitrogens with one attached hydrogen (secondary N) is 3. The quantitative estimate of drug-likeness (QED) is 0.103. The lowest BCUT2D eigenvalue weighted by Crippen LogP contribution is -2.33. The Morgan fingerprint density at radius 1 is 1.31 bits per heavy atom. The highest BCUT2D eigenvalue weighted by Crippen LogP contribution is 2.55. The fraction of sp³-hybridized carbons (Fsp3) is 0.593. The SMILES string of the molecule is CC(C)C(=O)Nc1nc2c(ncn2[C@@H]2O[C@H](CO)[C@@H](F)[C@@H]2OP(=S)(OCCC#N)OC[C@H]2C[C@@H](Nc3ccncn3)[C@H](F)[C@@H]2O[PH](=O)O)c(=O)[nH]1. The van der Waals surface area contributed by atoms with E-state index in [1.807, 2.05) is 6.07 Å². The first-order valence-corrected chi connectivity index (χ1v) is 19.3. The number of aromatic amines is 1. The van der Waals surface area contributed by atoms with Gasteiger partial charge >= 0.3 is 15.0 Å². The summed E-state index contributed by atoms with van der Waals surface area (Å²) in [4.78, 5) is 53.2. The van der Waals surface area contributed by atoms with Crippen LogP contribution in [0.1, 0.15) is 32.9 Å². The summed E-state index contributed by atoms with van der Waals surface area (Å²) in [6.07, 6.45) is -6.29. The van der Waals surface area contributed by atoms with Crippen LogP contribution >= 0.6 is 15.0 Å². The summed E-state index contributed by atoms with van der Waals surface area (Å²) in [5.41, 5.74) is -1.05. The molecule has 10 atom stereocenters. The average Bonchev–Trinajstić information content (AvgIpc) is 3.74. The number of carbonyl (C=O) groups excluding carboxylic acids is 1. The van der Waals surface area contributed by atoms with Gasteiger partial charge in [-0.15, -0.1) is 0 Å². The second-order valence-electron chi connectivity index (χ2n) is 11.8. The van der Waals surface area contributed by atoms with Gasteiger partial charge in [0.15, 0.2) is 23.6 Å². The number of imidazole rings is 1. The van der Waals surface area contributed by atoms with Gasteiger partial charge in [0.05, 0.1) is 44.7 Å². The van der Waals surface area contributed by atoms with E-state index in [0.717, 1.165) is 10.9 Å². The van der Waals surface area contributed by atoms with E-state index in [-0.39, 0.29) is 36.6 Å². The molecule has 0 radical (unpaired) electrons. The van der Waals surface area contributed by atoms with Crippen molar-refractivity contribution in [3.05, 3.63) is 35.3 Å². The Hall–Kier alpha value is -3.35. The monoisotopic (exact) mass is 777 g/mol. The van der Waals surface area contributed by atoms with Crippen molar-refractivity contribution in [2.24, 2.45) is 11.8 Å². The van der Waals surface area contributed by atoms with E-state index >= 15 is 8.78 Å². The molecule has 0 spiro atoms. The molecule has 0 aromatic carbocycles. The third-order valence-corrected chi connectivity index (χ3v) is 10.8. The van der Waals surface area contributed by atoms with Crippen LogP contribution in [0.2, 0.25) is 0 Å². The predicted molar refractivity (Wildman–Crippen MR) is 177 cm³/mol. The summed E-state index contributed by atoms with van der Waals surface area (Å²) in [7, 11) is -3.62. The lowest BCUT2D eigenvalue weighted by atomic mass is 10.1. The van der Waals surface area contributed by atoms with E-state index in [2.05, 4.69) is 35.6 Å². The Morgan fingerprint density at radius 3 is 2.76 bits per heavy atom. The van der Waals surface area contributed by atoms with Crippen LogP contribution in [0.15, 0.2) is 29.7 Å². The molecule has 3 aromatic rings. The van der Waals surface area contributed by atoms with Crippen molar-refractivity contribution in [3.8, 4) is 6.07 Å². The van der Waals surface area contributed by atoms with Crippen molar-refractivity contribution in [1.29, 1.82) is 5.26 Å². The number of fused-ring (bicyclic) bond motifs is 1. The maximum absolute atomic E-state index is 16.0. The molecule has 0 bridgehead atoms. The van der Waals surface area contributed by atoms with Gasteiger partial charge in [0.2, 0.25) is 11.9 Å². The van der Waals surface area contributed by atoms with Gasteiger partial charge in [-0.3, -0.25) is 33.5 Å². The molecule has 2 unspecified atom stereocenters. The third-order valence-electron chi connectivity index (χ3n) is 7.95. The van der Waals surface area contributed by atoms with E-state index in [1.165, 1.54) is 18.6 Å². The number of amides is 1. The topological polar surface area (TPSA) is 258 Å². The highest BCUT2D eigenvalue weighted by atomic mass is 32.5. The van der Waals surface area contributed by atoms with Crippen LogP contribution in [0, 0.1) is 23.2 Å². The summed E-state index contributed by atoms with van der Waals surface area (Å²) < 4.78 is 72.9.